The lowest BCUT2D eigenvalue weighted by Crippen LogP contribution is -2.53. The first-order valence-electron chi connectivity index (χ1n) is 8.86. The van der Waals surface area contributed by atoms with Crippen LogP contribution >= 0.6 is 0 Å². The molecule has 1 aliphatic rings. The summed E-state index contributed by atoms with van der Waals surface area (Å²) >= 11 is 0. The first-order chi connectivity index (χ1) is 11.6. The molecule has 0 spiro atoms. The first-order valence-corrected chi connectivity index (χ1v) is 8.86. The molecule has 1 aromatic heterocycles. The minimum Gasteiger partial charge on any atom is -0.383 e. The smallest absolute Gasteiger partial charge is 0.242 e. The second-order valence-electron chi connectivity index (χ2n) is 6.45. The first kappa shape index (κ1) is 18.9. The van der Waals surface area contributed by atoms with Crippen LogP contribution in [0.5, 0.6) is 0 Å². The highest BCUT2D eigenvalue weighted by Gasteiger charge is 2.26. The predicted molar refractivity (Wildman–Crippen MR) is 95.2 cm³/mol. The zero-order valence-electron chi connectivity index (χ0n) is 15.4. The van der Waals surface area contributed by atoms with Crippen molar-refractivity contribution in [3.8, 4) is 0 Å². The lowest BCUT2D eigenvalue weighted by molar-refractivity contribution is -0.121. The summed E-state index contributed by atoms with van der Waals surface area (Å²) in [6.45, 7) is 11.7. The van der Waals surface area contributed by atoms with E-state index in [9.17, 15) is 4.79 Å². The number of carbonyl (C=O) groups excluding carboxylic acids is 1. The molecule has 1 fully saturated rings. The number of hydrogen-bond donors (Lipinski definition) is 1. The molecule has 2 heterocycles. The van der Waals surface area contributed by atoms with Gasteiger partial charge in [0.15, 0.2) is 0 Å². The maximum Gasteiger partial charge on any atom is 0.242 e. The van der Waals surface area contributed by atoms with Crippen LogP contribution < -0.4 is 5.32 Å². The highest BCUT2D eigenvalue weighted by molar-refractivity contribution is 5.93. The topological polar surface area (TPSA) is 62.6 Å². The molecule has 0 aliphatic carbocycles. The Hall–Kier alpha value is -1.44. The van der Waals surface area contributed by atoms with Crippen molar-refractivity contribution in [1.29, 1.82) is 0 Å². The summed E-state index contributed by atoms with van der Waals surface area (Å²) < 4.78 is 7.01. The molecule has 1 aromatic rings. The lowest BCUT2D eigenvalue weighted by atomic mass is 10.2. The Morgan fingerprint density at radius 3 is 2.67 bits per heavy atom. The molecule has 0 saturated carbocycles. The quantitative estimate of drug-likeness (QED) is 0.778. The van der Waals surface area contributed by atoms with Crippen molar-refractivity contribution in [3.05, 3.63) is 12.3 Å². The Bertz CT molecular complexity index is 511. The van der Waals surface area contributed by atoms with Crippen LogP contribution in [0.3, 0.4) is 0 Å². The SMILES string of the molecule is CC[C@@H](C)n1nccc1NC(=O)[C@@H](C)N1CCN(CCOC)CC1. The van der Waals surface area contributed by atoms with Crippen molar-refractivity contribution in [2.45, 2.75) is 39.3 Å². The molecule has 7 heteroatoms. The molecule has 24 heavy (non-hydrogen) atoms. The van der Waals surface area contributed by atoms with Crippen molar-refractivity contribution in [2.75, 3.05) is 51.8 Å². The summed E-state index contributed by atoms with van der Waals surface area (Å²) in [6, 6.07) is 1.99. The van der Waals surface area contributed by atoms with Crippen molar-refractivity contribution in [2.24, 2.45) is 0 Å². The fraction of sp³-hybridized carbons (Fsp3) is 0.765. The molecule has 2 atom stereocenters. The summed E-state index contributed by atoms with van der Waals surface area (Å²) in [5, 5.41) is 7.35. The average molecular weight is 337 g/mol. The molecule has 1 aliphatic heterocycles. The van der Waals surface area contributed by atoms with E-state index in [4.69, 9.17) is 4.74 Å². The molecule has 136 valence electrons. The van der Waals surface area contributed by atoms with Crippen molar-refractivity contribution < 1.29 is 9.53 Å². The maximum atomic E-state index is 12.6. The van der Waals surface area contributed by atoms with E-state index in [1.807, 2.05) is 17.7 Å². The van der Waals surface area contributed by atoms with E-state index < -0.39 is 0 Å². The molecule has 0 radical (unpaired) electrons. The number of piperazine rings is 1. The van der Waals surface area contributed by atoms with Gasteiger partial charge in [-0.15, -0.1) is 0 Å². The van der Waals surface area contributed by atoms with E-state index in [2.05, 4.69) is 34.1 Å². The summed E-state index contributed by atoms with van der Waals surface area (Å²) in [4.78, 5) is 17.2. The fourth-order valence-corrected chi connectivity index (χ4v) is 2.93. The Morgan fingerprint density at radius 2 is 2.04 bits per heavy atom. The number of aromatic nitrogens is 2. The minimum absolute atomic E-state index is 0.0328. The molecule has 0 aromatic carbocycles. The molecular formula is C17H31N5O2. The monoisotopic (exact) mass is 337 g/mol. The van der Waals surface area contributed by atoms with E-state index in [-0.39, 0.29) is 18.0 Å². The number of amides is 1. The van der Waals surface area contributed by atoms with Gasteiger partial charge in [-0.1, -0.05) is 6.92 Å². The van der Waals surface area contributed by atoms with Gasteiger partial charge >= 0.3 is 0 Å². The van der Waals surface area contributed by atoms with Crippen molar-refractivity contribution in [3.63, 3.8) is 0 Å². The standard InChI is InChI=1S/C17H31N5O2/c1-5-14(2)22-16(6-7-18-22)19-17(23)15(3)21-10-8-20(9-11-21)12-13-24-4/h6-7,14-15H,5,8-13H2,1-4H3,(H,19,23)/t14-,15-/m1/s1. The Morgan fingerprint density at radius 1 is 1.33 bits per heavy atom. The van der Waals surface area contributed by atoms with Gasteiger partial charge in [0.2, 0.25) is 5.91 Å². The number of ether oxygens (including phenoxy) is 1. The second-order valence-corrected chi connectivity index (χ2v) is 6.45. The zero-order chi connectivity index (χ0) is 17.5. The third-order valence-corrected chi connectivity index (χ3v) is 4.88. The van der Waals surface area contributed by atoms with Gasteiger partial charge in [0.25, 0.3) is 0 Å². The van der Waals surface area contributed by atoms with E-state index in [1.165, 1.54) is 0 Å². The molecular weight excluding hydrogens is 306 g/mol. The van der Waals surface area contributed by atoms with Gasteiger partial charge in [-0.25, -0.2) is 4.68 Å². The van der Waals surface area contributed by atoms with E-state index >= 15 is 0 Å². The van der Waals surface area contributed by atoms with Crippen molar-refractivity contribution in [1.82, 2.24) is 19.6 Å². The Balaban J connectivity index is 1.86. The molecule has 7 nitrogen and oxygen atoms in total. The summed E-state index contributed by atoms with van der Waals surface area (Å²) in [5.74, 6) is 0.810. The van der Waals surface area contributed by atoms with Gasteiger partial charge in [-0.05, 0) is 20.3 Å². The zero-order valence-corrected chi connectivity index (χ0v) is 15.4. The third-order valence-electron chi connectivity index (χ3n) is 4.88. The summed E-state index contributed by atoms with van der Waals surface area (Å²) in [7, 11) is 1.73. The van der Waals surface area contributed by atoms with E-state index in [0.717, 1.165) is 51.6 Å². The second kappa shape index (κ2) is 9.15. The van der Waals surface area contributed by atoms with Crippen molar-refractivity contribution >= 4 is 11.7 Å². The molecule has 0 unspecified atom stereocenters. The summed E-state index contributed by atoms with van der Waals surface area (Å²) in [5.41, 5.74) is 0. The third kappa shape index (κ3) is 4.78. The van der Waals surface area contributed by atoms with Gasteiger partial charge in [0.05, 0.1) is 24.9 Å². The van der Waals surface area contributed by atoms with Crippen LogP contribution in [0.25, 0.3) is 0 Å². The average Bonchev–Trinajstić information content (AvgIpc) is 3.07. The van der Waals surface area contributed by atoms with Crippen LogP contribution in [-0.2, 0) is 9.53 Å². The van der Waals surface area contributed by atoms with Crippen LogP contribution in [0.1, 0.15) is 33.2 Å². The molecule has 1 N–H and O–H groups in total. The van der Waals surface area contributed by atoms with E-state index in [1.54, 1.807) is 13.3 Å². The fourth-order valence-electron chi connectivity index (χ4n) is 2.93. The number of anilines is 1. The number of nitrogens with zero attached hydrogens (tertiary/aromatic N) is 4. The predicted octanol–water partition coefficient (Wildman–Crippen LogP) is 1.45. The number of nitrogens with one attached hydrogen (secondary N) is 1. The lowest BCUT2D eigenvalue weighted by Gasteiger charge is -2.37. The normalized spacial score (nSPS) is 19.2. The summed E-state index contributed by atoms with van der Waals surface area (Å²) in [6.07, 6.45) is 2.71. The Kier molecular flexibility index (Phi) is 7.20. The largest absolute Gasteiger partial charge is 0.383 e. The number of hydrogen-bond acceptors (Lipinski definition) is 5. The molecule has 1 saturated heterocycles. The van der Waals surface area contributed by atoms with Gasteiger partial charge in [-0.3, -0.25) is 14.6 Å². The van der Waals surface area contributed by atoms with Crippen LogP contribution in [0.4, 0.5) is 5.82 Å². The minimum atomic E-state index is -0.144. The van der Waals surface area contributed by atoms with E-state index in [0.29, 0.717) is 0 Å². The van der Waals surface area contributed by atoms with Crippen LogP contribution in [-0.4, -0.2) is 78.0 Å². The Labute approximate surface area is 144 Å². The molecule has 2 rings (SSSR count). The number of methoxy groups -OCH3 is 1. The van der Waals surface area contributed by atoms with Gasteiger partial charge < -0.3 is 10.1 Å². The van der Waals surface area contributed by atoms with Gasteiger partial charge in [0, 0.05) is 45.9 Å². The maximum absolute atomic E-state index is 12.6. The highest BCUT2D eigenvalue weighted by Crippen LogP contribution is 2.17. The van der Waals surface area contributed by atoms with Gasteiger partial charge in [0.1, 0.15) is 5.82 Å². The molecule has 0 bridgehead atoms. The van der Waals surface area contributed by atoms with Crippen LogP contribution in [0.2, 0.25) is 0 Å². The highest BCUT2D eigenvalue weighted by atomic mass is 16.5. The van der Waals surface area contributed by atoms with Gasteiger partial charge in [-0.2, -0.15) is 5.10 Å². The van der Waals surface area contributed by atoms with Crippen LogP contribution in [0.15, 0.2) is 12.3 Å². The number of carbonyl (C=O) groups is 1. The molecule has 1 amide bonds. The van der Waals surface area contributed by atoms with Crippen LogP contribution in [0, 0.1) is 0 Å². The number of rotatable bonds is 8.